The second-order valence-electron chi connectivity index (χ2n) is 3.97. The van der Waals surface area contributed by atoms with Crippen LogP contribution in [0.2, 0.25) is 10.0 Å². The van der Waals surface area contributed by atoms with Crippen molar-refractivity contribution in [1.82, 2.24) is 0 Å². The lowest BCUT2D eigenvalue weighted by atomic mass is 9.96. The van der Waals surface area contributed by atoms with E-state index in [1.165, 1.54) is 12.0 Å². The molecule has 0 nitrogen and oxygen atoms in total. The summed E-state index contributed by atoms with van der Waals surface area (Å²) in [5.74, 6) is 0.703. The molecule has 1 aliphatic rings. The van der Waals surface area contributed by atoms with Crippen molar-refractivity contribution in [1.29, 1.82) is 0 Å². The van der Waals surface area contributed by atoms with Crippen LogP contribution in [0.5, 0.6) is 0 Å². The van der Waals surface area contributed by atoms with Crippen molar-refractivity contribution in [2.45, 2.75) is 11.8 Å². The van der Waals surface area contributed by atoms with Gasteiger partial charge in [0.1, 0.15) is 0 Å². The second kappa shape index (κ2) is 4.56. The third-order valence-corrected chi connectivity index (χ3v) is 5.67. The third kappa shape index (κ3) is 2.11. The van der Waals surface area contributed by atoms with E-state index in [1.807, 2.05) is 12.1 Å². The molecule has 1 aromatic rings. The van der Waals surface area contributed by atoms with Gasteiger partial charge in [-0.2, -0.15) is 0 Å². The molecular formula is C11H10Br2Cl2. The lowest BCUT2D eigenvalue weighted by Gasteiger charge is -2.14. The van der Waals surface area contributed by atoms with E-state index >= 15 is 0 Å². The molecule has 82 valence electrons. The van der Waals surface area contributed by atoms with Crippen LogP contribution in [0.1, 0.15) is 12.0 Å². The number of hydrogen-bond acceptors (Lipinski definition) is 0. The molecular weight excluding hydrogens is 363 g/mol. The molecule has 0 aliphatic heterocycles. The summed E-state index contributed by atoms with van der Waals surface area (Å²) >= 11 is 19.1. The Labute approximate surface area is 117 Å². The summed E-state index contributed by atoms with van der Waals surface area (Å²) in [5, 5.41) is 3.29. The van der Waals surface area contributed by atoms with E-state index in [0.29, 0.717) is 16.0 Å². The Kier molecular flexibility index (Phi) is 3.71. The first-order chi connectivity index (χ1) is 7.14. The number of benzene rings is 1. The second-order valence-corrected chi connectivity index (χ2v) is 6.00. The van der Waals surface area contributed by atoms with Crippen molar-refractivity contribution in [3.05, 3.63) is 33.8 Å². The highest BCUT2D eigenvalue weighted by Gasteiger charge is 2.53. The molecule has 2 unspecified atom stereocenters. The molecule has 0 amide bonds. The maximum Gasteiger partial charge on any atom is 0.0595 e. The SMILES string of the molecule is Clc1ccc(C2(CBr)CC2CBr)cc1Cl. The van der Waals surface area contributed by atoms with Gasteiger partial charge >= 0.3 is 0 Å². The fourth-order valence-electron chi connectivity index (χ4n) is 1.98. The standard InChI is InChI=1S/C11H10Br2Cl2/c12-5-8-4-11(8,6-13)7-1-2-9(14)10(15)3-7/h1-3,8H,4-6H2. The van der Waals surface area contributed by atoms with Crippen LogP contribution < -0.4 is 0 Å². The average molecular weight is 373 g/mol. The van der Waals surface area contributed by atoms with Gasteiger partial charge in [-0.3, -0.25) is 0 Å². The molecule has 0 N–H and O–H groups in total. The van der Waals surface area contributed by atoms with Crippen molar-refractivity contribution in [3.63, 3.8) is 0 Å². The lowest BCUT2D eigenvalue weighted by Crippen LogP contribution is -2.12. The molecule has 0 bridgehead atoms. The van der Waals surface area contributed by atoms with Crippen molar-refractivity contribution < 1.29 is 0 Å². The highest BCUT2D eigenvalue weighted by Crippen LogP contribution is 2.56. The largest absolute Gasteiger partial charge is 0.0925 e. The van der Waals surface area contributed by atoms with Crippen LogP contribution in [0.25, 0.3) is 0 Å². The number of alkyl halides is 2. The maximum absolute atomic E-state index is 6.04. The quantitative estimate of drug-likeness (QED) is 0.652. The summed E-state index contributed by atoms with van der Waals surface area (Å²) in [5.41, 5.74) is 1.55. The fraction of sp³-hybridized carbons (Fsp3) is 0.455. The Hall–Kier alpha value is 0.760. The van der Waals surface area contributed by atoms with E-state index in [9.17, 15) is 0 Å². The third-order valence-electron chi connectivity index (χ3n) is 3.15. The van der Waals surface area contributed by atoms with E-state index in [-0.39, 0.29) is 5.41 Å². The van der Waals surface area contributed by atoms with E-state index in [0.717, 1.165) is 10.7 Å². The Morgan fingerprint density at radius 3 is 2.47 bits per heavy atom. The van der Waals surface area contributed by atoms with Crippen molar-refractivity contribution in [3.8, 4) is 0 Å². The van der Waals surface area contributed by atoms with Gasteiger partial charge in [0.2, 0.25) is 0 Å². The van der Waals surface area contributed by atoms with E-state index in [2.05, 4.69) is 37.9 Å². The molecule has 0 saturated heterocycles. The highest BCUT2D eigenvalue weighted by atomic mass is 79.9. The minimum atomic E-state index is 0.262. The first-order valence-electron chi connectivity index (χ1n) is 4.71. The summed E-state index contributed by atoms with van der Waals surface area (Å²) < 4.78 is 0. The van der Waals surface area contributed by atoms with Gasteiger partial charge in [0.25, 0.3) is 0 Å². The van der Waals surface area contributed by atoms with Gasteiger partial charge in [0.15, 0.2) is 0 Å². The van der Waals surface area contributed by atoms with Crippen molar-refractivity contribution >= 4 is 55.1 Å². The molecule has 1 aliphatic carbocycles. The van der Waals surface area contributed by atoms with Gasteiger partial charge in [-0.05, 0) is 30.0 Å². The number of rotatable bonds is 3. The molecule has 0 spiro atoms. The van der Waals surface area contributed by atoms with Gasteiger partial charge < -0.3 is 0 Å². The van der Waals surface area contributed by atoms with Crippen LogP contribution in [-0.2, 0) is 5.41 Å². The molecule has 2 rings (SSSR count). The predicted octanol–water partition coefficient (Wildman–Crippen LogP) is 5.04. The van der Waals surface area contributed by atoms with Crippen LogP contribution in [0.3, 0.4) is 0 Å². The fourth-order valence-corrected chi connectivity index (χ4v) is 4.14. The Morgan fingerprint density at radius 2 is 2.00 bits per heavy atom. The Morgan fingerprint density at radius 1 is 1.27 bits per heavy atom. The van der Waals surface area contributed by atoms with Gasteiger partial charge in [0, 0.05) is 16.1 Å². The Bertz CT molecular complexity index is 381. The van der Waals surface area contributed by atoms with Crippen molar-refractivity contribution in [2.75, 3.05) is 10.7 Å². The van der Waals surface area contributed by atoms with Crippen LogP contribution in [0.4, 0.5) is 0 Å². The van der Waals surface area contributed by atoms with E-state index < -0.39 is 0 Å². The molecule has 0 heterocycles. The first kappa shape index (κ1) is 12.2. The number of halogens is 4. The first-order valence-corrected chi connectivity index (χ1v) is 7.71. The van der Waals surface area contributed by atoms with Gasteiger partial charge in [-0.25, -0.2) is 0 Å². The van der Waals surface area contributed by atoms with Crippen LogP contribution in [-0.4, -0.2) is 10.7 Å². The Balaban J connectivity index is 2.33. The van der Waals surface area contributed by atoms with Crippen molar-refractivity contribution in [2.24, 2.45) is 5.92 Å². The van der Waals surface area contributed by atoms with E-state index in [1.54, 1.807) is 0 Å². The monoisotopic (exact) mass is 370 g/mol. The lowest BCUT2D eigenvalue weighted by molar-refractivity contribution is 0.727. The normalized spacial score (nSPS) is 29.2. The summed E-state index contributed by atoms with van der Waals surface area (Å²) in [4.78, 5) is 0. The van der Waals surface area contributed by atoms with Crippen LogP contribution in [0.15, 0.2) is 18.2 Å². The summed E-state index contributed by atoms with van der Waals surface area (Å²) in [6.07, 6.45) is 1.21. The molecule has 4 heteroatoms. The minimum Gasteiger partial charge on any atom is -0.0925 e. The summed E-state index contributed by atoms with van der Waals surface area (Å²) in [6.45, 7) is 0. The molecule has 2 atom stereocenters. The minimum absolute atomic E-state index is 0.262. The average Bonchev–Trinajstić information content (AvgIpc) is 2.97. The van der Waals surface area contributed by atoms with Crippen LogP contribution >= 0.6 is 55.1 Å². The molecule has 1 fully saturated rings. The smallest absolute Gasteiger partial charge is 0.0595 e. The predicted molar refractivity (Wildman–Crippen MR) is 73.8 cm³/mol. The zero-order valence-electron chi connectivity index (χ0n) is 7.94. The van der Waals surface area contributed by atoms with Gasteiger partial charge in [-0.1, -0.05) is 61.1 Å². The molecule has 15 heavy (non-hydrogen) atoms. The number of hydrogen-bond donors (Lipinski definition) is 0. The maximum atomic E-state index is 6.04. The molecule has 1 aromatic carbocycles. The van der Waals surface area contributed by atoms with Gasteiger partial charge in [-0.15, -0.1) is 0 Å². The summed E-state index contributed by atoms with van der Waals surface area (Å²) in [7, 11) is 0. The van der Waals surface area contributed by atoms with E-state index in [4.69, 9.17) is 23.2 Å². The van der Waals surface area contributed by atoms with Crippen LogP contribution in [0, 0.1) is 5.92 Å². The zero-order chi connectivity index (χ0) is 11.1. The topological polar surface area (TPSA) is 0 Å². The molecule has 1 saturated carbocycles. The van der Waals surface area contributed by atoms with Gasteiger partial charge in [0.05, 0.1) is 10.0 Å². The summed E-state index contributed by atoms with van der Waals surface area (Å²) in [6, 6.07) is 5.96. The zero-order valence-corrected chi connectivity index (χ0v) is 12.6. The molecule has 0 aromatic heterocycles. The molecule has 0 radical (unpaired) electrons. The highest BCUT2D eigenvalue weighted by molar-refractivity contribution is 9.09.